The van der Waals surface area contributed by atoms with Crippen LogP contribution in [0.25, 0.3) is 0 Å². The maximum absolute atomic E-state index is 12.4. The van der Waals surface area contributed by atoms with E-state index in [1.54, 1.807) is 0 Å². The van der Waals surface area contributed by atoms with Gasteiger partial charge in [0.1, 0.15) is 5.75 Å². The third kappa shape index (κ3) is 4.33. The number of hydrogen-bond acceptors (Lipinski definition) is 5. The molecule has 0 aliphatic carbocycles. The summed E-state index contributed by atoms with van der Waals surface area (Å²) in [7, 11) is -1.01. The number of sulfonamides is 1. The average Bonchev–Trinajstić information content (AvgIpc) is 2.45. The van der Waals surface area contributed by atoms with E-state index in [4.69, 9.17) is 10.5 Å². The van der Waals surface area contributed by atoms with Gasteiger partial charge in [-0.1, -0.05) is 6.92 Å². The molecular formula is C13H21N3O4S. The second kappa shape index (κ2) is 7.28. The normalized spacial score (nSPS) is 11.4. The van der Waals surface area contributed by atoms with Crippen molar-refractivity contribution in [1.29, 1.82) is 0 Å². The van der Waals surface area contributed by atoms with Crippen LogP contribution in [0, 0.1) is 0 Å². The lowest BCUT2D eigenvalue weighted by Crippen LogP contribution is -2.38. The number of rotatable bonds is 7. The number of amides is 1. The van der Waals surface area contributed by atoms with Gasteiger partial charge in [-0.15, -0.1) is 0 Å². The fourth-order valence-electron chi connectivity index (χ4n) is 1.64. The molecule has 21 heavy (non-hydrogen) atoms. The minimum absolute atomic E-state index is 0.0272. The van der Waals surface area contributed by atoms with Crippen molar-refractivity contribution >= 4 is 21.6 Å². The number of methoxy groups -OCH3 is 1. The van der Waals surface area contributed by atoms with Crippen LogP contribution >= 0.6 is 0 Å². The molecule has 0 aliphatic rings. The Morgan fingerprint density at radius 1 is 1.43 bits per heavy atom. The molecule has 1 rings (SSSR count). The van der Waals surface area contributed by atoms with E-state index in [1.807, 2.05) is 6.92 Å². The molecule has 3 N–H and O–H groups in total. The second-order valence-corrected chi connectivity index (χ2v) is 6.56. The highest BCUT2D eigenvalue weighted by Crippen LogP contribution is 2.26. The molecule has 0 radical (unpaired) electrons. The van der Waals surface area contributed by atoms with Gasteiger partial charge in [-0.25, -0.2) is 8.42 Å². The van der Waals surface area contributed by atoms with Gasteiger partial charge in [-0.05, 0) is 18.6 Å². The standard InChI is InChI=1S/C13H21N3O4S/c1-4-7-15-13(17)9-16(2)21(18,19)10-5-6-11(14)12(8-10)20-3/h5-6,8H,4,7,9,14H2,1-3H3,(H,15,17). The lowest BCUT2D eigenvalue weighted by molar-refractivity contribution is -0.121. The van der Waals surface area contributed by atoms with Crippen LogP contribution in [0.2, 0.25) is 0 Å². The van der Waals surface area contributed by atoms with Crippen molar-refractivity contribution in [2.75, 3.05) is 33.0 Å². The number of carbonyl (C=O) groups is 1. The Kier molecular flexibility index (Phi) is 5.98. The number of nitrogens with zero attached hydrogens (tertiary/aromatic N) is 1. The predicted molar refractivity (Wildman–Crippen MR) is 80.5 cm³/mol. The Hall–Kier alpha value is -1.80. The molecule has 0 fully saturated rings. The van der Waals surface area contributed by atoms with Crippen LogP contribution in [0.15, 0.2) is 23.1 Å². The molecule has 0 spiro atoms. The van der Waals surface area contributed by atoms with Gasteiger partial charge in [0.05, 0.1) is 24.2 Å². The Morgan fingerprint density at radius 2 is 2.10 bits per heavy atom. The highest BCUT2D eigenvalue weighted by Gasteiger charge is 2.23. The Labute approximate surface area is 125 Å². The fourth-order valence-corrected chi connectivity index (χ4v) is 2.78. The lowest BCUT2D eigenvalue weighted by atomic mass is 10.3. The van der Waals surface area contributed by atoms with Crippen molar-refractivity contribution in [3.05, 3.63) is 18.2 Å². The molecule has 0 atom stereocenters. The summed E-state index contributed by atoms with van der Waals surface area (Å²) in [5, 5.41) is 2.63. The molecule has 1 aromatic carbocycles. The first-order chi connectivity index (χ1) is 9.82. The summed E-state index contributed by atoms with van der Waals surface area (Å²) in [4.78, 5) is 11.6. The largest absolute Gasteiger partial charge is 0.495 e. The van der Waals surface area contributed by atoms with E-state index in [1.165, 1.54) is 32.4 Å². The molecular weight excluding hydrogens is 294 g/mol. The predicted octanol–water partition coefficient (Wildman–Crippen LogP) is 0.424. The van der Waals surface area contributed by atoms with Gasteiger partial charge in [-0.3, -0.25) is 4.79 Å². The molecule has 0 saturated carbocycles. The van der Waals surface area contributed by atoms with E-state index in [-0.39, 0.29) is 23.1 Å². The van der Waals surface area contributed by atoms with E-state index in [0.717, 1.165) is 10.7 Å². The summed E-state index contributed by atoms with van der Waals surface area (Å²) in [6.45, 7) is 2.19. The number of anilines is 1. The summed E-state index contributed by atoms with van der Waals surface area (Å²) in [6.07, 6.45) is 0.789. The Bertz CT molecular complexity index is 601. The third-order valence-corrected chi connectivity index (χ3v) is 4.65. The molecule has 0 bridgehead atoms. The minimum Gasteiger partial charge on any atom is -0.495 e. The number of nitrogens with two attached hydrogens (primary N) is 1. The smallest absolute Gasteiger partial charge is 0.243 e. The molecule has 1 aromatic rings. The second-order valence-electron chi connectivity index (χ2n) is 4.51. The van der Waals surface area contributed by atoms with E-state index >= 15 is 0 Å². The van der Waals surface area contributed by atoms with Crippen LogP contribution in [-0.4, -0.2) is 45.9 Å². The number of nitrogens with one attached hydrogen (secondary N) is 1. The monoisotopic (exact) mass is 315 g/mol. The summed E-state index contributed by atoms with van der Waals surface area (Å²) >= 11 is 0. The maximum Gasteiger partial charge on any atom is 0.243 e. The van der Waals surface area contributed by atoms with Crippen molar-refractivity contribution in [3.8, 4) is 5.75 Å². The summed E-state index contributed by atoms with van der Waals surface area (Å²) in [6, 6.07) is 4.18. The van der Waals surface area contributed by atoms with E-state index < -0.39 is 10.0 Å². The zero-order valence-corrected chi connectivity index (χ0v) is 13.2. The van der Waals surface area contributed by atoms with Crippen molar-refractivity contribution in [2.24, 2.45) is 0 Å². The van der Waals surface area contributed by atoms with Crippen molar-refractivity contribution < 1.29 is 17.9 Å². The molecule has 1 amide bonds. The first-order valence-electron chi connectivity index (χ1n) is 6.49. The van der Waals surface area contributed by atoms with Crippen LogP contribution in [-0.2, 0) is 14.8 Å². The zero-order chi connectivity index (χ0) is 16.0. The highest BCUT2D eigenvalue weighted by molar-refractivity contribution is 7.89. The molecule has 0 aromatic heterocycles. The van der Waals surface area contributed by atoms with Crippen LogP contribution in [0.4, 0.5) is 5.69 Å². The Morgan fingerprint density at radius 3 is 2.67 bits per heavy atom. The third-order valence-electron chi connectivity index (χ3n) is 2.85. The van der Waals surface area contributed by atoms with Crippen LogP contribution in [0.1, 0.15) is 13.3 Å². The first-order valence-corrected chi connectivity index (χ1v) is 7.93. The van der Waals surface area contributed by atoms with Gasteiger partial charge in [0.15, 0.2) is 0 Å². The number of carbonyl (C=O) groups excluding carboxylic acids is 1. The van der Waals surface area contributed by atoms with Gasteiger partial charge in [0.25, 0.3) is 0 Å². The van der Waals surface area contributed by atoms with Crippen molar-refractivity contribution in [3.63, 3.8) is 0 Å². The minimum atomic E-state index is -3.77. The topological polar surface area (TPSA) is 102 Å². The quantitative estimate of drug-likeness (QED) is 0.710. The number of nitrogen functional groups attached to an aromatic ring is 1. The molecule has 0 saturated heterocycles. The summed E-state index contributed by atoms with van der Waals surface area (Å²) in [5.74, 6) is -0.0646. The highest BCUT2D eigenvalue weighted by atomic mass is 32.2. The van der Waals surface area contributed by atoms with Crippen molar-refractivity contribution in [2.45, 2.75) is 18.2 Å². The lowest BCUT2D eigenvalue weighted by Gasteiger charge is -2.17. The Balaban J connectivity index is 2.92. The molecule has 118 valence electrons. The van der Waals surface area contributed by atoms with E-state index in [9.17, 15) is 13.2 Å². The molecule has 0 unspecified atom stereocenters. The van der Waals surface area contributed by atoms with Gasteiger partial charge >= 0.3 is 0 Å². The van der Waals surface area contributed by atoms with Gasteiger partial charge in [0.2, 0.25) is 15.9 Å². The maximum atomic E-state index is 12.4. The number of benzene rings is 1. The van der Waals surface area contributed by atoms with Crippen molar-refractivity contribution in [1.82, 2.24) is 9.62 Å². The van der Waals surface area contributed by atoms with Gasteiger partial charge in [-0.2, -0.15) is 4.31 Å². The SMILES string of the molecule is CCCNC(=O)CN(C)S(=O)(=O)c1ccc(N)c(OC)c1. The van der Waals surface area contributed by atoms with Crippen LogP contribution in [0.5, 0.6) is 5.75 Å². The van der Waals surface area contributed by atoms with Crippen LogP contribution in [0.3, 0.4) is 0 Å². The summed E-state index contributed by atoms with van der Waals surface area (Å²) in [5.41, 5.74) is 6.00. The first kappa shape index (κ1) is 17.3. The summed E-state index contributed by atoms with van der Waals surface area (Å²) < 4.78 is 30.7. The molecule has 0 heterocycles. The van der Waals surface area contributed by atoms with Gasteiger partial charge < -0.3 is 15.8 Å². The number of hydrogen-bond donors (Lipinski definition) is 2. The van der Waals surface area contributed by atoms with Crippen LogP contribution < -0.4 is 15.8 Å². The van der Waals surface area contributed by atoms with E-state index in [0.29, 0.717) is 12.2 Å². The molecule has 7 nitrogen and oxygen atoms in total. The fraction of sp³-hybridized carbons (Fsp3) is 0.462. The number of ether oxygens (including phenoxy) is 1. The molecule has 0 aliphatic heterocycles. The zero-order valence-electron chi connectivity index (χ0n) is 12.4. The van der Waals surface area contributed by atoms with E-state index in [2.05, 4.69) is 5.32 Å². The molecule has 8 heteroatoms. The number of likely N-dealkylation sites (N-methyl/N-ethyl adjacent to an activating group) is 1. The van der Waals surface area contributed by atoms with Gasteiger partial charge in [0, 0.05) is 19.7 Å². The average molecular weight is 315 g/mol.